The van der Waals surface area contributed by atoms with Crippen LogP contribution in [0.2, 0.25) is 10.0 Å². The summed E-state index contributed by atoms with van der Waals surface area (Å²) in [5.41, 5.74) is 3.96. The van der Waals surface area contributed by atoms with E-state index < -0.39 is 0 Å². The molecule has 0 unspecified atom stereocenters. The number of rotatable bonds is 8. The first kappa shape index (κ1) is 24.4. The smallest absolute Gasteiger partial charge is 0.165 e. The number of allylic oxidation sites excluding steroid dienone is 2. The third kappa shape index (κ3) is 5.69. The number of hydrogen-bond donors (Lipinski definition) is 0. The second-order valence-electron chi connectivity index (χ2n) is 7.96. The van der Waals surface area contributed by atoms with Gasteiger partial charge in [0, 0.05) is 21.2 Å². The predicted octanol–water partition coefficient (Wildman–Crippen LogP) is 8.53. The van der Waals surface area contributed by atoms with Crippen LogP contribution < -0.4 is 9.47 Å². The van der Waals surface area contributed by atoms with Gasteiger partial charge in [-0.15, -0.1) is 6.58 Å². The average molecular weight is 500 g/mol. The highest BCUT2D eigenvalue weighted by Crippen LogP contribution is 2.36. The van der Waals surface area contributed by atoms with Gasteiger partial charge in [0.25, 0.3) is 0 Å². The molecule has 0 aliphatic carbocycles. The van der Waals surface area contributed by atoms with Crippen LogP contribution in [0, 0.1) is 11.3 Å². The summed E-state index contributed by atoms with van der Waals surface area (Å²) in [7, 11) is 1.59. The van der Waals surface area contributed by atoms with Crippen LogP contribution in [0.5, 0.6) is 11.5 Å². The molecule has 0 aromatic heterocycles. The van der Waals surface area contributed by atoms with Crippen LogP contribution in [-0.4, -0.2) is 7.11 Å². The number of fused-ring (bicyclic) bond motifs is 1. The predicted molar refractivity (Wildman–Crippen MR) is 145 cm³/mol. The quantitative estimate of drug-likeness (QED) is 0.138. The van der Waals surface area contributed by atoms with Gasteiger partial charge in [0.1, 0.15) is 6.61 Å². The molecule has 0 heterocycles. The fourth-order valence-corrected chi connectivity index (χ4v) is 4.34. The Morgan fingerprint density at radius 1 is 0.971 bits per heavy atom. The molecular formula is C30H23Cl2NO2. The fourth-order valence-electron chi connectivity index (χ4n) is 3.88. The Kier molecular flexibility index (Phi) is 7.77. The number of nitrogens with zero attached hydrogens (tertiary/aromatic N) is 1. The van der Waals surface area contributed by atoms with Crippen LogP contribution in [0.1, 0.15) is 22.3 Å². The van der Waals surface area contributed by atoms with Gasteiger partial charge in [-0.05, 0) is 64.7 Å². The number of methoxy groups -OCH3 is 1. The number of benzene rings is 4. The SMILES string of the molecule is C=CCc1cc(/C=C(/C#N)c2ccc3ccccc3c2)cc(OC)c1OCc1ccc(Cl)cc1Cl. The van der Waals surface area contributed by atoms with Crippen molar-refractivity contribution in [3.05, 3.63) is 118 Å². The van der Waals surface area contributed by atoms with Gasteiger partial charge in [-0.3, -0.25) is 0 Å². The third-order valence-electron chi connectivity index (χ3n) is 5.62. The van der Waals surface area contributed by atoms with Crippen LogP contribution in [0.3, 0.4) is 0 Å². The highest BCUT2D eigenvalue weighted by molar-refractivity contribution is 6.35. The van der Waals surface area contributed by atoms with E-state index in [1.165, 1.54) is 0 Å². The summed E-state index contributed by atoms with van der Waals surface area (Å²) in [4.78, 5) is 0. The Labute approximate surface area is 215 Å². The number of halogens is 2. The molecule has 0 spiro atoms. The standard InChI is InChI=1S/C30H23Cl2NO2/c1-3-6-24-13-20(14-26(18-33)23-10-9-21-7-4-5-8-22(21)16-23)15-29(34-2)30(24)35-19-25-11-12-27(31)17-28(25)32/h3-5,7-17H,1,6,19H2,2H3/b26-14-. The zero-order chi connectivity index (χ0) is 24.8. The maximum atomic E-state index is 9.91. The van der Waals surface area contributed by atoms with Gasteiger partial charge >= 0.3 is 0 Å². The van der Waals surface area contributed by atoms with Crippen molar-refractivity contribution >= 4 is 45.6 Å². The van der Waals surface area contributed by atoms with Gasteiger partial charge < -0.3 is 9.47 Å². The molecule has 0 amide bonds. The van der Waals surface area contributed by atoms with Crippen molar-refractivity contribution in [1.82, 2.24) is 0 Å². The maximum Gasteiger partial charge on any atom is 0.165 e. The Bertz CT molecular complexity index is 1470. The van der Waals surface area contributed by atoms with Gasteiger partial charge in [0.05, 0.1) is 18.8 Å². The lowest BCUT2D eigenvalue weighted by atomic mass is 9.98. The minimum Gasteiger partial charge on any atom is -0.493 e. The minimum atomic E-state index is 0.256. The molecular weight excluding hydrogens is 477 g/mol. The molecule has 0 bridgehead atoms. The van der Waals surface area contributed by atoms with E-state index in [-0.39, 0.29) is 6.61 Å². The van der Waals surface area contributed by atoms with E-state index in [2.05, 4.69) is 18.7 Å². The van der Waals surface area contributed by atoms with Gasteiger partial charge in [-0.2, -0.15) is 5.26 Å². The van der Waals surface area contributed by atoms with Crippen molar-refractivity contribution in [2.24, 2.45) is 0 Å². The number of nitriles is 1. The van der Waals surface area contributed by atoms with Crippen molar-refractivity contribution in [3.8, 4) is 17.6 Å². The van der Waals surface area contributed by atoms with Crippen molar-refractivity contribution in [3.63, 3.8) is 0 Å². The van der Waals surface area contributed by atoms with Gasteiger partial charge in [0.2, 0.25) is 0 Å². The zero-order valence-corrected chi connectivity index (χ0v) is 20.7. The molecule has 35 heavy (non-hydrogen) atoms. The van der Waals surface area contributed by atoms with Gasteiger partial charge in [0.15, 0.2) is 11.5 Å². The summed E-state index contributed by atoms with van der Waals surface area (Å²) in [6, 6.07) is 25.6. The normalized spacial score (nSPS) is 11.2. The van der Waals surface area contributed by atoms with E-state index in [0.717, 1.165) is 33.0 Å². The summed E-state index contributed by atoms with van der Waals surface area (Å²) in [6.07, 6.45) is 4.23. The van der Waals surface area contributed by atoms with E-state index in [1.807, 2.05) is 60.7 Å². The average Bonchev–Trinajstić information content (AvgIpc) is 2.87. The van der Waals surface area contributed by atoms with E-state index >= 15 is 0 Å². The molecule has 0 atom stereocenters. The number of ether oxygens (including phenoxy) is 2. The molecule has 4 aromatic rings. The second-order valence-corrected chi connectivity index (χ2v) is 8.80. The molecule has 174 valence electrons. The Balaban J connectivity index is 1.70. The molecule has 0 N–H and O–H groups in total. The van der Waals surface area contributed by atoms with Crippen molar-refractivity contribution in [2.45, 2.75) is 13.0 Å². The molecule has 0 aliphatic rings. The summed E-state index contributed by atoms with van der Waals surface area (Å²) in [5, 5.41) is 13.2. The second kappa shape index (κ2) is 11.1. The Morgan fingerprint density at radius 3 is 2.49 bits per heavy atom. The summed E-state index contributed by atoms with van der Waals surface area (Å²) in [6.45, 7) is 4.13. The summed E-state index contributed by atoms with van der Waals surface area (Å²) < 4.78 is 11.8. The Morgan fingerprint density at radius 2 is 1.77 bits per heavy atom. The molecule has 4 rings (SSSR count). The third-order valence-corrected chi connectivity index (χ3v) is 6.20. The molecule has 3 nitrogen and oxygen atoms in total. The first-order valence-corrected chi connectivity index (χ1v) is 11.8. The maximum absolute atomic E-state index is 9.91. The summed E-state index contributed by atoms with van der Waals surface area (Å²) in [5.74, 6) is 1.18. The summed E-state index contributed by atoms with van der Waals surface area (Å²) >= 11 is 12.3. The monoisotopic (exact) mass is 499 g/mol. The Hall–Kier alpha value is -3.71. The lowest BCUT2D eigenvalue weighted by Gasteiger charge is -2.16. The van der Waals surface area contributed by atoms with Crippen LogP contribution >= 0.6 is 23.2 Å². The largest absolute Gasteiger partial charge is 0.493 e. The van der Waals surface area contributed by atoms with E-state index in [0.29, 0.717) is 33.5 Å². The van der Waals surface area contributed by atoms with Crippen molar-refractivity contribution in [2.75, 3.05) is 7.11 Å². The fraction of sp³-hybridized carbons (Fsp3) is 0.100. The topological polar surface area (TPSA) is 42.2 Å². The van der Waals surface area contributed by atoms with Crippen molar-refractivity contribution in [1.29, 1.82) is 5.26 Å². The molecule has 0 radical (unpaired) electrons. The minimum absolute atomic E-state index is 0.256. The molecule has 4 aromatic carbocycles. The van der Waals surface area contributed by atoms with Crippen molar-refractivity contribution < 1.29 is 9.47 Å². The van der Waals surface area contributed by atoms with Crippen LogP contribution in [0.25, 0.3) is 22.4 Å². The molecule has 5 heteroatoms. The van der Waals surface area contributed by atoms with Gasteiger partial charge in [-0.25, -0.2) is 0 Å². The van der Waals surface area contributed by atoms with Crippen LogP contribution in [-0.2, 0) is 13.0 Å². The lowest BCUT2D eigenvalue weighted by molar-refractivity contribution is 0.282. The molecule has 0 saturated carbocycles. The molecule has 0 saturated heterocycles. The van der Waals surface area contributed by atoms with E-state index in [4.69, 9.17) is 32.7 Å². The molecule has 0 aliphatic heterocycles. The highest BCUT2D eigenvalue weighted by atomic mass is 35.5. The first-order chi connectivity index (χ1) is 17.0. The van der Waals surface area contributed by atoms with E-state index in [1.54, 1.807) is 25.3 Å². The van der Waals surface area contributed by atoms with Crippen LogP contribution in [0.15, 0.2) is 85.5 Å². The zero-order valence-electron chi connectivity index (χ0n) is 19.2. The van der Waals surface area contributed by atoms with Gasteiger partial charge in [-0.1, -0.05) is 71.7 Å². The number of hydrogen-bond acceptors (Lipinski definition) is 3. The molecule has 0 fully saturated rings. The lowest BCUT2D eigenvalue weighted by Crippen LogP contribution is -2.02. The van der Waals surface area contributed by atoms with Crippen LogP contribution in [0.4, 0.5) is 0 Å². The highest BCUT2D eigenvalue weighted by Gasteiger charge is 2.14. The van der Waals surface area contributed by atoms with E-state index in [9.17, 15) is 5.26 Å². The first-order valence-electron chi connectivity index (χ1n) is 11.0.